The molecule has 0 N–H and O–H groups in total. The number of anilines is 1. The molecule has 0 radical (unpaired) electrons. The number of ketones is 1. The Morgan fingerprint density at radius 1 is 0.784 bits per heavy atom. The van der Waals surface area contributed by atoms with Crippen molar-refractivity contribution in [3.63, 3.8) is 0 Å². The average molecular weight is 491 g/mol. The highest BCUT2D eigenvalue weighted by Crippen LogP contribution is 2.38. The van der Waals surface area contributed by atoms with Gasteiger partial charge in [-0.2, -0.15) is 10.1 Å². The second-order valence-electron chi connectivity index (χ2n) is 9.09. The Kier molecular flexibility index (Phi) is 6.02. The van der Waals surface area contributed by atoms with Crippen molar-refractivity contribution in [2.24, 2.45) is 7.05 Å². The molecule has 5 aromatic rings. The minimum Gasteiger partial charge on any atom is -0.473 e. The topological polar surface area (TPSA) is 69.5 Å². The summed E-state index contributed by atoms with van der Waals surface area (Å²) in [4.78, 5) is 18.5. The number of nitrogens with zero attached hydrogens (tertiary/aromatic N) is 4. The predicted molar refractivity (Wildman–Crippen MR) is 143 cm³/mol. The van der Waals surface area contributed by atoms with Gasteiger partial charge in [0.25, 0.3) is 0 Å². The van der Waals surface area contributed by atoms with Crippen molar-refractivity contribution in [2.75, 3.05) is 18.0 Å². The fourth-order valence-electron chi connectivity index (χ4n) is 4.57. The van der Waals surface area contributed by atoms with Gasteiger partial charge in [-0.3, -0.25) is 9.48 Å². The lowest BCUT2D eigenvalue weighted by atomic mass is 10.1. The molecule has 2 aromatic heterocycles. The standard InChI is InChI=1S/C30H26N4O3/c1-33-29-24(13-8-14-26(29)34-17-23(35)18-34)28(32-33)25-15-16-27(36-19-21-9-4-2-5-10-21)31-30(25)37-20-22-11-6-3-7-12-22/h2-16H,17-20H2,1H3. The van der Waals surface area contributed by atoms with Gasteiger partial charge in [0.2, 0.25) is 11.8 Å². The Bertz CT molecular complexity index is 1560. The van der Waals surface area contributed by atoms with Crippen molar-refractivity contribution < 1.29 is 14.3 Å². The molecule has 184 valence electrons. The van der Waals surface area contributed by atoms with Crippen LogP contribution >= 0.6 is 0 Å². The van der Waals surface area contributed by atoms with Gasteiger partial charge in [-0.05, 0) is 23.3 Å². The molecular weight excluding hydrogens is 464 g/mol. The van der Waals surface area contributed by atoms with Crippen molar-refractivity contribution >= 4 is 22.4 Å². The first-order chi connectivity index (χ1) is 18.2. The van der Waals surface area contributed by atoms with E-state index in [4.69, 9.17) is 19.6 Å². The molecule has 0 unspecified atom stereocenters. The molecule has 1 fully saturated rings. The number of hydrogen-bond donors (Lipinski definition) is 0. The van der Waals surface area contributed by atoms with Crippen LogP contribution in [-0.4, -0.2) is 33.6 Å². The monoisotopic (exact) mass is 490 g/mol. The molecule has 0 spiro atoms. The molecule has 3 aromatic carbocycles. The highest BCUT2D eigenvalue weighted by Gasteiger charge is 2.27. The van der Waals surface area contributed by atoms with E-state index in [0.29, 0.717) is 38.1 Å². The van der Waals surface area contributed by atoms with E-state index in [1.807, 2.05) is 103 Å². The smallest absolute Gasteiger partial charge is 0.226 e. The summed E-state index contributed by atoms with van der Waals surface area (Å²) < 4.78 is 14.1. The zero-order valence-corrected chi connectivity index (χ0v) is 20.5. The molecule has 0 atom stereocenters. The van der Waals surface area contributed by atoms with E-state index in [2.05, 4.69) is 4.90 Å². The largest absolute Gasteiger partial charge is 0.473 e. The third-order valence-corrected chi connectivity index (χ3v) is 6.46. The summed E-state index contributed by atoms with van der Waals surface area (Å²) in [6.45, 7) is 1.64. The van der Waals surface area contributed by atoms with Gasteiger partial charge in [0.05, 0.1) is 29.9 Å². The Labute approximate surface area is 214 Å². The van der Waals surface area contributed by atoms with Crippen molar-refractivity contribution in [1.82, 2.24) is 14.8 Å². The number of Topliss-reactive ketones (excluding diaryl/α,β-unsaturated/α-hetero) is 1. The third-order valence-electron chi connectivity index (χ3n) is 6.46. The van der Waals surface area contributed by atoms with Gasteiger partial charge in [0, 0.05) is 18.5 Å². The van der Waals surface area contributed by atoms with Crippen LogP contribution in [0.4, 0.5) is 5.69 Å². The summed E-state index contributed by atoms with van der Waals surface area (Å²) in [5.74, 6) is 1.18. The van der Waals surface area contributed by atoms with E-state index in [0.717, 1.165) is 39.0 Å². The van der Waals surface area contributed by atoms with Gasteiger partial charge < -0.3 is 14.4 Å². The van der Waals surface area contributed by atoms with Gasteiger partial charge in [0.1, 0.15) is 18.9 Å². The number of ether oxygens (including phenoxy) is 2. The number of pyridine rings is 1. The summed E-state index contributed by atoms with van der Waals surface area (Å²) >= 11 is 0. The summed E-state index contributed by atoms with van der Waals surface area (Å²) in [5, 5.41) is 5.84. The van der Waals surface area contributed by atoms with E-state index in [1.165, 1.54) is 0 Å². The van der Waals surface area contributed by atoms with Crippen LogP contribution in [0.2, 0.25) is 0 Å². The van der Waals surface area contributed by atoms with Crippen LogP contribution in [0.3, 0.4) is 0 Å². The normalized spacial score (nSPS) is 13.0. The molecule has 37 heavy (non-hydrogen) atoms. The van der Waals surface area contributed by atoms with Gasteiger partial charge in [-0.15, -0.1) is 0 Å². The van der Waals surface area contributed by atoms with Crippen LogP contribution in [0.15, 0.2) is 91.0 Å². The quantitative estimate of drug-likeness (QED) is 0.298. The van der Waals surface area contributed by atoms with Crippen molar-refractivity contribution in [1.29, 1.82) is 0 Å². The molecule has 6 rings (SSSR count). The molecule has 0 bridgehead atoms. The third kappa shape index (κ3) is 4.63. The maximum Gasteiger partial charge on any atom is 0.226 e. The first kappa shape index (κ1) is 22.8. The Balaban J connectivity index is 1.37. The lowest BCUT2D eigenvalue weighted by molar-refractivity contribution is -0.119. The van der Waals surface area contributed by atoms with Gasteiger partial charge >= 0.3 is 0 Å². The van der Waals surface area contributed by atoms with Crippen LogP contribution in [0.1, 0.15) is 11.1 Å². The SMILES string of the molecule is Cn1nc(-c2ccc(OCc3ccccc3)nc2OCc2ccccc2)c2cccc(N3CC(=O)C3)c21. The highest BCUT2D eigenvalue weighted by molar-refractivity contribution is 6.05. The van der Waals surface area contributed by atoms with Crippen molar-refractivity contribution in [3.8, 4) is 23.0 Å². The lowest BCUT2D eigenvalue weighted by Crippen LogP contribution is -2.47. The van der Waals surface area contributed by atoms with E-state index < -0.39 is 0 Å². The van der Waals surface area contributed by atoms with Crippen molar-refractivity contribution in [2.45, 2.75) is 13.2 Å². The van der Waals surface area contributed by atoms with Gasteiger partial charge in [-0.1, -0.05) is 72.8 Å². The van der Waals surface area contributed by atoms with E-state index in [1.54, 1.807) is 0 Å². The molecule has 0 saturated carbocycles. The fourth-order valence-corrected chi connectivity index (χ4v) is 4.57. The lowest BCUT2D eigenvalue weighted by Gasteiger charge is -2.32. The van der Waals surface area contributed by atoms with E-state index in [-0.39, 0.29) is 5.78 Å². The molecule has 7 heteroatoms. The number of para-hydroxylation sites is 1. The van der Waals surface area contributed by atoms with Crippen LogP contribution in [0, 0.1) is 0 Å². The zero-order chi connectivity index (χ0) is 25.2. The van der Waals surface area contributed by atoms with Crippen LogP contribution in [-0.2, 0) is 25.1 Å². The molecular formula is C30H26N4O3. The molecule has 0 amide bonds. The summed E-state index contributed by atoms with van der Waals surface area (Å²) in [6.07, 6.45) is 0. The highest BCUT2D eigenvalue weighted by atomic mass is 16.5. The Morgan fingerprint density at radius 2 is 1.46 bits per heavy atom. The number of benzene rings is 3. The fraction of sp³-hybridized carbons (Fsp3) is 0.167. The zero-order valence-electron chi connectivity index (χ0n) is 20.5. The number of rotatable bonds is 8. The van der Waals surface area contributed by atoms with Crippen LogP contribution in [0.25, 0.3) is 22.2 Å². The summed E-state index contributed by atoms with van der Waals surface area (Å²) in [7, 11) is 1.92. The maximum atomic E-state index is 11.6. The number of fused-ring (bicyclic) bond motifs is 1. The van der Waals surface area contributed by atoms with Gasteiger partial charge in [0.15, 0.2) is 5.78 Å². The predicted octanol–water partition coefficient (Wildman–Crippen LogP) is 5.18. The van der Waals surface area contributed by atoms with E-state index in [9.17, 15) is 4.79 Å². The number of carbonyl (C=O) groups excluding carboxylic acids is 1. The summed E-state index contributed by atoms with van der Waals surface area (Å²) in [6, 6.07) is 29.9. The molecule has 1 saturated heterocycles. The molecule has 0 aliphatic carbocycles. The minimum absolute atomic E-state index is 0.242. The molecule has 3 heterocycles. The molecule has 7 nitrogen and oxygen atoms in total. The minimum atomic E-state index is 0.242. The Hall–Kier alpha value is -4.65. The first-order valence-corrected chi connectivity index (χ1v) is 12.2. The van der Waals surface area contributed by atoms with Crippen LogP contribution in [0.5, 0.6) is 11.8 Å². The van der Waals surface area contributed by atoms with Crippen LogP contribution < -0.4 is 14.4 Å². The number of carbonyl (C=O) groups is 1. The van der Waals surface area contributed by atoms with Crippen molar-refractivity contribution in [3.05, 3.63) is 102 Å². The van der Waals surface area contributed by atoms with E-state index >= 15 is 0 Å². The second kappa shape index (κ2) is 9.78. The Morgan fingerprint density at radius 3 is 2.14 bits per heavy atom. The average Bonchev–Trinajstić information content (AvgIpc) is 3.26. The number of aromatic nitrogens is 3. The maximum absolute atomic E-state index is 11.6. The number of aryl methyl sites for hydroxylation is 1. The molecule has 1 aliphatic heterocycles. The molecule has 1 aliphatic rings. The number of hydrogen-bond acceptors (Lipinski definition) is 6. The summed E-state index contributed by atoms with van der Waals surface area (Å²) in [5.41, 5.74) is 5.64. The van der Waals surface area contributed by atoms with Gasteiger partial charge in [-0.25, -0.2) is 0 Å². The second-order valence-corrected chi connectivity index (χ2v) is 9.09. The first-order valence-electron chi connectivity index (χ1n) is 12.2.